The van der Waals surface area contributed by atoms with Crippen LogP contribution in [0.5, 0.6) is 0 Å². The lowest BCUT2D eigenvalue weighted by Gasteiger charge is -2.26. The summed E-state index contributed by atoms with van der Waals surface area (Å²) in [7, 11) is 0. The van der Waals surface area contributed by atoms with E-state index in [0.29, 0.717) is 6.42 Å². The minimum atomic E-state index is -0.303. The first-order valence-corrected chi connectivity index (χ1v) is 6.44. The molecule has 0 aromatic heterocycles. The first kappa shape index (κ1) is 15.5. The summed E-state index contributed by atoms with van der Waals surface area (Å²) >= 11 is 0. The summed E-state index contributed by atoms with van der Waals surface area (Å²) in [6.07, 6.45) is 4.51. The van der Waals surface area contributed by atoms with E-state index in [2.05, 4.69) is 27.7 Å². The SMILES string of the molecule is CCCC(C)(C)OC(=O)CCC(C)(C)CC. The van der Waals surface area contributed by atoms with Crippen LogP contribution in [-0.4, -0.2) is 11.6 Å². The van der Waals surface area contributed by atoms with E-state index >= 15 is 0 Å². The molecule has 0 fully saturated rings. The van der Waals surface area contributed by atoms with Gasteiger partial charge in [-0.2, -0.15) is 0 Å². The zero-order valence-electron chi connectivity index (χ0n) is 11.9. The molecule has 0 heterocycles. The summed E-state index contributed by atoms with van der Waals surface area (Å²) in [4.78, 5) is 11.7. The van der Waals surface area contributed by atoms with E-state index in [1.807, 2.05) is 13.8 Å². The van der Waals surface area contributed by atoms with Gasteiger partial charge in [-0.15, -0.1) is 0 Å². The van der Waals surface area contributed by atoms with Crippen molar-refractivity contribution in [1.29, 1.82) is 0 Å². The van der Waals surface area contributed by atoms with E-state index < -0.39 is 0 Å². The van der Waals surface area contributed by atoms with E-state index in [9.17, 15) is 4.79 Å². The van der Waals surface area contributed by atoms with Gasteiger partial charge < -0.3 is 4.74 Å². The molecule has 0 aromatic carbocycles. The molecule has 0 aromatic rings. The largest absolute Gasteiger partial charge is 0.460 e. The second-order valence-electron chi connectivity index (χ2n) is 6.00. The molecule has 96 valence electrons. The highest BCUT2D eigenvalue weighted by atomic mass is 16.6. The summed E-state index contributed by atoms with van der Waals surface area (Å²) in [5.41, 5.74) is -0.0594. The van der Waals surface area contributed by atoms with Gasteiger partial charge in [0.15, 0.2) is 0 Å². The molecular weight excluding hydrogens is 200 g/mol. The van der Waals surface area contributed by atoms with Crippen LogP contribution in [0.25, 0.3) is 0 Å². The highest BCUT2D eigenvalue weighted by Gasteiger charge is 2.23. The van der Waals surface area contributed by atoms with Crippen LogP contribution in [-0.2, 0) is 9.53 Å². The van der Waals surface area contributed by atoms with Gasteiger partial charge in [-0.3, -0.25) is 4.79 Å². The first-order valence-electron chi connectivity index (χ1n) is 6.44. The normalized spacial score (nSPS) is 12.6. The van der Waals surface area contributed by atoms with Crippen molar-refractivity contribution in [3.8, 4) is 0 Å². The van der Waals surface area contributed by atoms with E-state index in [-0.39, 0.29) is 17.0 Å². The fraction of sp³-hybridized carbons (Fsp3) is 0.929. The first-order chi connectivity index (χ1) is 7.22. The molecule has 0 aliphatic carbocycles. The van der Waals surface area contributed by atoms with E-state index in [1.165, 1.54) is 0 Å². The molecule has 0 bridgehead atoms. The Kier molecular flexibility index (Phi) is 6.06. The Balaban J connectivity index is 4.00. The Morgan fingerprint density at radius 1 is 1.06 bits per heavy atom. The Morgan fingerprint density at radius 3 is 2.06 bits per heavy atom. The van der Waals surface area contributed by atoms with Crippen LogP contribution in [0.1, 0.15) is 73.6 Å². The molecule has 0 atom stereocenters. The quantitative estimate of drug-likeness (QED) is 0.606. The Labute approximate surface area is 101 Å². The Bertz CT molecular complexity index is 217. The van der Waals surface area contributed by atoms with Gasteiger partial charge in [0.05, 0.1) is 0 Å². The van der Waals surface area contributed by atoms with Crippen molar-refractivity contribution in [3.63, 3.8) is 0 Å². The number of hydrogen-bond donors (Lipinski definition) is 0. The van der Waals surface area contributed by atoms with Crippen molar-refractivity contribution in [3.05, 3.63) is 0 Å². The summed E-state index contributed by atoms with van der Waals surface area (Å²) in [6.45, 7) is 12.6. The molecule has 2 heteroatoms. The lowest BCUT2D eigenvalue weighted by atomic mass is 9.85. The number of carbonyl (C=O) groups excluding carboxylic acids is 1. The zero-order valence-corrected chi connectivity index (χ0v) is 11.9. The molecule has 16 heavy (non-hydrogen) atoms. The average Bonchev–Trinajstić information content (AvgIpc) is 2.14. The van der Waals surface area contributed by atoms with Crippen LogP contribution >= 0.6 is 0 Å². The van der Waals surface area contributed by atoms with E-state index in [4.69, 9.17) is 4.74 Å². The van der Waals surface area contributed by atoms with Gasteiger partial charge in [0.1, 0.15) is 5.60 Å². The Hall–Kier alpha value is -0.530. The fourth-order valence-corrected chi connectivity index (χ4v) is 1.63. The maximum absolute atomic E-state index is 11.7. The lowest BCUT2D eigenvalue weighted by molar-refractivity contribution is -0.157. The minimum Gasteiger partial charge on any atom is -0.460 e. The molecule has 0 unspecified atom stereocenters. The van der Waals surface area contributed by atoms with Crippen LogP contribution < -0.4 is 0 Å². The monoisotopic (exact) mass is 228 g/mol. The van der Waals surface area contributed by atoms with Crippen LogP contribution in [0.3, 0.4) is 0 Å². The highest BCUT2D eigenvalue weighted by Crippen LogP contribution is 2.27. The van der Waals surface area contributed by atoms with Gasteiger partial charge in [-0.1, -0.05) is 40.5 Å². The lowest BCUT2D eigenvalue weighted by Crippen LogP contribution is -2.28. The van der Waals surface area contributed by atoms with Crippen molar-refractivity contribution in [1.82, 2.24) is 0 Å². The van der Waals surface area contributed by atoms with E-state index in [1.54, 1.807) is 0 Å². The molecule has 0 saturated heterocycles. The van der Waals surface area contributed by atoms with Gasteiger partial charge in [0.25, 0.3) is 0 Å². The Morgan fingerprint density at radius 2 is 1.62 bits per heavy atom. The number of rotatable bonds is 7. The number of hydrogen-bond acceptors (Lipinski definition) is 2. The summed E-state index contributed by atoms with van der Waals surface area (Å²) in [6, 6.07) is 0. The van der Waals surface area contributed by atoms with E-state index in [0.717, 1.165) is 25.7 Å². The third-order valence-electron chi connectivity index (χ3n) is 3.21. The predicted molar refractivity (Wildman–Crippen MR) is 68.4 cm³/mol. The smallest absolute Gasteiger partial charge is 0.306 e. The second-order valence-corrected chi connectivity index (χ2v) is 6.00. The number of carbonyl (C=O) groups is 1. The van der Waals surface area contributed by atoms with Gasteiger partial charge in [-0.25, -0.2) is 0 Å². The summed E-state index contributed by atoms with van der Waals surface area (Å²) in [5, 5.41) is 0. The van der Waals surface area contributed by atoms with Gasteiger partial charge in [-0.05, 0) is 32.1 Å². The molecule has 0 spiro atoms. The maximum Gasteiger partial charge on any atom is 0.306 e. The van der Waals surface area contributed by atoms with Gasteiger partial charge in [0.2, 0.25) is 0 Å². The maximum atomic E-state index is 11.7. The second kappa shape index (κ2) is 6.27. The molecular formula is C14H28O2. The molecule has 0 aliphatic rings. The highest BCUT2D eigenvalue weighted by molar-refractivity contribution is 5.69. The van der Waals surface area contributed by atoms with Crippen molar-refractivity contribution in [2.75, 3.05) is 0 Å². The molecule has 0 amide bonds. The minimum absolute atomic E-state index is 0.0556. The van der Waals surface area contributed by atoms with Crippen molar-refractivity contribution in [2.45, 2.75) is 79.2 Å². The van der Waals surface area contributed by atoms with Crippen LogP contribution in [0.15, 0.2) is 0 Å². The molecule has 0 N–H and O–H groups in total. The zero-order chi connectivity index (χ0) is 12.8. The number of esters is 1. The fourth-order valence-electron chi connectivity index (χ4n) is 1.63. The van der Waals surface area contributed by atoms with Crippen LogP contribution in [0, 0.1) is 5.41 Å². The average molecular weight is 228 g/mol. The molecule has 2 nitrogen and oxygen atoms in total. The standard InChI is InChI=1S/C14H28O2/c1-7-10-14(5,6)16-12(15)9-11-13(3,4)8-2/h7-11H2,1-6H3. The van der Waals surface area contributed by atoms with Crippen molar-refractivity contribution >= 4 is 5.97 Å². The van der Waals surface area contributed by atoms with Crippen LogP contribution in [0.4, 0.5) is 0 Å². The third kappa shape index (κ3) is 6.86. The molecule has 0 rings (SSSR count). The summed E-state index contributed by atoms with van der Waals surface area (Å²) in [5.74, 6) is -0.0556. The number of ether oxygens (including phenoxy) is 1. The van der Waals surface area contributed by atoms with Crippen molar-refractivity contribution < 1.29 is 9.53 Å². The molecule has 0 saturated carbocycles. The molecule has 0 aliphatic heterocycles. The molecule has 0 radical (unpaired) electrons. The van der Waals surface area contributed by atoms with Crippen LogP contribution in [0.2, 0.25) is 0 Å². The van der Waals surface area contributed by atoms with Gasteiger partial charge >= 0.3 is 5.97 Å². The predicted octanol–water partition coefficient (Wildman–Crippen LogP) is 4.32. The topological polar surface area (TPSA) is 26.3 Å². The summed E-state index contributed by atoms with van der Waals surface area (Å²) < 4.78 is 5.48. The third-order valence-corrected chi connectivity index (χ3v) is 3.21. The van der Waals surface area contributed by atoms with Gasteiger partial charge in [0, 0.05) is 6.42 Å². The van der Waals surface area contributed by atoms with Crippen molar-refractivity contribution in [2.24, 2.45) is 5.41 Å².